The van der Waals surface area contributed by atoms with E-state index < -0.39 is 18.2 Å². The molecule has 0 aromatic heterocycles. The molecule has 0 aliphatic heterocycles. The zero-order valence-electron chi connectivity index (χ0n) is 8.45. The van der Waals surface area contributed by atoms with Crippen LogP contribution in [0.3, 0.4) is 0 Å². The van der Waals surface area contributed by atoms with Gasteiger partial charge in [0.05, 0.1) is 6.61 Å². The van der Waals surface area contributed by atoms with E-state index >= 15 is 0 Å². The van der Waals surface area contributed by atoms with Crippen molar-refractivity contribution >= 4 is 0 Å². The van der Waals surface area contributed by atoms with Gasteiger partial charge in [-0.1, -0.05) is 30.3 Å². The maximum atomic E-state index is 13.5. The summed E-state index contributed by atoms with van der Waals surface area (Å²) in [6.45, 7) is -0.448. The first-order valence-corrected chi connectivity index (χ1v) is 4.87. The fourth-order valence-electron chi connectivity index (χ4n) is 1.65. The smallest absolute Gasteiger partial charge is 0.131 e. The Bertz CT molecular complexity index is 509. The van der Waals surface area contributed by atoms with Crippen LogP contribution in [0.5, 0.6) is 0 Å². The molecule has 82 valence electrons. The SMILES string of the molecule is OCc1c(F)cccc1-c1ccccc1F. The minimum absolute atomic E-state index is 0.118. The second kappa shape index (κ2) is 4.41. The average Bonchev–Trinajstić information content (AvgIpc) is 2.29. The Morgan fingerprint density at radius 1 is 0.812 bits per heavy atom. The number of aliphatic hydroxyl groups is 1. The summed E-state index contributed by atoms with van der Waals surface area (Å²) in [5.41, 5.74) is 0.805. The van der Waals surface area contributed by atoms with Crippen molar-refractivity contribution in [3.05, 3.63) is 59.7 Å². The molecule has 0 unspecified atom stereocenters. The number of hydrogen-bond donors (Lipinski definition) is 1. The number of halogens is 2. The van der Waals surface area contributed by atoms with E-state index in [0.717, 1.165) is 0 Å². The third-order valence-corrected chi connectivity index (χ3v) is 2.44. The van der Waals surface area contributed by atoms with Gasteiger partial charge in [0.15, 0.2) is 0 Å². The second-order valence-corrected chi connectivity index (χ2v) is 3.40. The summed E-state index contributed by atoms with van der Waals surface area (Å²) in [4.78, 5) is 0. The molecule has 1 nitrogen and oxygen atoms in total. The molecule has 0 saturated carbocycles. The van der Waals surface area contributed by atoms with Gasteiger partial charge in [0.1, 0.15) is 11.6 Å². The highest BCUT2D eigenvalue weighted by molar-refractivity contribution is 5.68. The summed E-state index contributed by atoms with van der Waals surface area (Å²) in [6.07, 6.45) is 0. The molecule has 3 heteroatoms. The normalized spacial score (nSPS) is 10.4. The van der Waals surface area contributed by atoms with Gasteiger partial charge in [-0.2, -0.15) is 0 Å². The highest BCUT2D eigenvalue weighted by atomic mass is 19.1. The van der Waals surface area contributed by atoms with Crippen LogP contribution in [0.4, 0.5) is 8.78 Å². The van der Waals surface area contributed by atoms with Crippen LogP contribution >= 0.6 is 0 Å². The lowest BCUT2D eigenvalue weighted by atomic mass is 9.99. The van der Waals surface area contributed by atoms with Gasteiger partial charge in [-0.05, 0) is 17.7 Å². The van der Waals surface area contributed by atoms with Gasteiger partial charge in [-0.3, -0.25) is 0 Å². The Morgan fingerprint density at radius 3 is 2.12 bits per heavy atom. The molecule has 0 aliphatic rings. The van der Waals surface area contributed by atoms with Crippen molar-refractivity contribution in [1.29, 1.82) is 0 Å². The molecule has 2 aromatic rings. The minimum Gasteiger partial charge on any atom is -0.392 e. The predicted molar refractivity (Wildman–Crippen MR) is 57.7 cm³/mol. The molecule has 2 rings (SSSR count). The van der Waals surface area contributed by atoms with Crippen molar-refractivity contribution in [2.75, 3.05) is 0 Å². The molecule has 1 N–H and O–H groups in total. The quantitative estimate of drug-likeness (QED) is 0.824. The topological polar surface area (TPSA) is 20.2 Å². The first kappa shape index (κ1) is 10.8. The Labute approximate surface area is 92.0 Å². The van der Waals surface area contributed by atoms with Gasteiger partial charge in [0.25, 0.3) is 0 Å². The Morgan fingerprint density at radius 2 is 1.44 bits per heavy atom. The standard InChI is InChI=1S/C13H10F2O/c14-12-6-2-1-4-10(12)9-5-3-7-13(15)11(9)8-16/h1-7,16H,8H2. The summed E-state index contributed by atoms with van der Waals surface area (Å²) in [5.74, 6) is -0.953. The number of rotatable bonds is 2. The molecule has 0 spiro atoms. The first-order valence-electron chi connectivity index (χ1n) is 4.87. The molecule has 0 amide bonds. The molecule has 0 radical (unpaired) electrons. The highest BCUT2D eigenvalue weighted by Crippen LogP contribution is 2.27. The summed E-state index contributed by atoms with van der Waals surface area (Å²) in [7, 11) is 0. The van der Waals surface area contributed by atoms with Crippen molar-refractivity contribution in [1.82, 2.24) is 0 Å². The number of hydrogen-bond acceptors (Lipinski definition) is 1. The van der Waals surface area contributed by atoms with Crippen molar-refractivity contribution < 1.29 is 13.9 Å². The van der Waals surface area contributed by atoms with E-state index in [2.05, 4.69) is 0 Å². The van der Waals surface area contributed by atoms with Gasteiger partial charge < -0.3 is 5.11 Å². The molecule has 16 heavy (non-hydrogen) atoms. The van der Waals surface area contributed by atoms with E-state index in [0.29, 0.717) is 11.1 Å². The summed E-state index contributed by atoms with van der Waals surface area (Å²) in [6, 6.07) is 10.4. The molecule has 0 fully saturated rings. The van der Waals surface area contributed by atoms with Crippen LogP contribution in [0.25, 0.3) is 11.1 Å². The zero-order valence-corrected chi connectivity index (χ0v) is 8.45. The Balaban J connectivity index is 2.65. The molecule has 0 heterocycles. The molecule has 2 aromatic carbocycles. The van der Waals surface area contributed by atoms with Crippen LogP contribution in [-0.4, -0.2) is 5.11 Å². The van der Waals surface area contributed by atoms with Crippen LogP contribution in [0.15, 0.2) is 42.5 Å². The van der Waals surface area contributed by atoms with Crippen LogP contribution in [-0.2, 0) is 6.61 Å². The van der Waals surface area contributed by atoms with E-state index in [-0.39, 0.29) is 5.56 Å². The van der Waals surface area contributed by atoms with Crippen molar-refractivity contribution in [3.63, 3.8) is 0 Å². The van der Waals surface area contributed by atoms with E-state index in [1.807, 2.05) is 0 Å². The third-order valence-electron chi connectivity index (χ3n) is 2.44. The lowest BCUT2D eigenvalue weighted by Gasteiger charge is -2.09. The molecular formula is C13H10F2O. The lowest BCUT2D eigenvalue weighted by molar-refractivity contribution is 0.276. The fourth-order valence-corrected chi connectivity index (χ4v) is 1.65. The van der Waals surface area contributed by atoms with E-state index in [1.165, 1.54) is 18.2 Å². The van der Waals surface area contributed by atoms with Crippen molar-refractivity contribution in [3.8, 4) is 11.1 Å². The fraction of sp³-hybridized carbons (Fsp3) is 0.0769. The van der Waals surface area contributed by atoms with E-state index in [9.17, 15) is 8.78 Å². The highest BCUT2D eigenvalue weighted by Gasteiger charge is 2.11. The second-order valence-electron chi connectivity index (χ2n) is 3.40. The van der Waals surface area contributed by atoms with Gasteiger partial charge in [0.2, 0.25) is 0 Å². The summed E-state index contributed by atoms with van der Waals surface area (Å²) >= 11 is 0. The average molecular weight is 220 g/mol. The van der Waals surface area contributed by atoms with Crippen LogP contribution < -0.4 is 0 Å². The first-order chi connectivity index (χ1) is 7.74. The predicted octanol–water partition coefficient (Wildman–Crippen LogP) is 3.12. The monoisotopic (exact) mass is 220 g/mol. The van der Waals surface area contributed by atoms with Gasteiger partial charge in [0, 0.05) is 11.1 Å². The van der Waals surface area contributed by atoms with E-state index in [4.69, 9.17) is 5.11 Å². The molecule has 0 saturated heterocycles. The Hall–Kier alpha value is -1.74. The maximum absolute atomic E-state index is 13.5. The summed E-state index contributed by atoms with van der Waals surface area (Å²) in [5, 5.41) is 9.09. The number of benzene rings is 2. The van der Waals surface area contributed by atoms with Gasteiger partial charge in [-0.15, -0.1) is 0 Å². The largest absolute Gasteiger partial charge is 0.392 e. The van der Waals surface area contributed by atoms with Crippen molar-refractivity contribution in [2.24, 2.45) is 0 Å². The van der Waals surface area contributed by atoms with Gasteiger partial charge in [-0.25, -0.2) is 8.78 Å². The van der Waals surface area contributed by atoms with Crippen molar-refractivity contribution in [2.45, 2.75) is 6.61 Å². The Kier molecular flexibility index (Phi) is 2.97. The number of aliphatic hydroxyl groups excluding tert-OH is 1. The molecular weight excluding hydrogens is 210 g/mol. The molecule has 0 aliphatic carbocycles. The molecule has 0 atom stereocenters. The van der Waals surface area contributed by atoms with E-state index in [1.54, 1.807) is 24.3 Å². The van der Waals surface area contributed by atoms with Gasteiger partial charge >= 0.3 is 0 Å². The lowest BCUT2D eigenvalue weighted by Crippen LogP contribution is -1.95. The van der Waals surface area contributed by atoms with Crippen LogP contribution in [0.2, 0.25) is 0 Å². The molecule has 0 bridgehead atoms. The maximum Gasteiger partial charge on any atom is 0.131 e. The van der Waals surface area contributed by atoms with Crippen LogP contribution in [0, 0.1) is 11.6 Å². The summed E-state index contributed by atoms with van der Waals surface area (Å²) < 4.78 is 26.9. The van der Waals surface area contributed by atoms with Crippen LogP contribution in [0.1, 0.15) is 5.56 Å². The minimum atomic E-state index is -0.525. The zero-order chi connectivity index (χ0) is 11.5. The third kappa shape index (κ3) is 1.82.